The Morgan fingerprint density at radius 2 is 1.69 bits per heavy atom. The Bertz CT molecular complexity index is 492. The van der Waals surface area contributed by atoms with Gasteiger partial charge < -0.3 is 0 Å². The fraction of sp³-hybridized carbons (Fsp3) is 0.167. The smallest absolute Gasteiger partial charge is 0.126 e. The van der Waals surface area contributed by atoms with E-state index in [0.29, 0.717) is 12.0 Å². The van der Waals surface area contributed by atoms with Crippen molar-refractivity contribution in [3.05, 3.63) is 59.2 Å². The van der Waals surface area contributed by atoms with E-state index in [1.807, 2.05) is 6.92 Å². The highest BCUT2D eigenvalue weighted by molar-refractivity contribution is 5.23. The molecule has 0 aliphatic rings. The van der Waals surface area contributed by atoms with Crippen LogP contribution in [-0.4, -0.2) is 9.97 Å². The number of nitrogens with zero attached hydrogens (tertiary/aromatic N) is 2. The van der Waals surface area contributed by atoms with Crippen molar-refractivity contribution in [2.45, 2.75) is 13.3 Å². The molecule has 0 N–H and O–H groups in total. The van der Waals surface area contributed by atoms with Crippen LogP contribution in [0.1, 0.15) is 17.0 Å². The molecule has 4 heteroatoms. The Hall–Kier alpha value is -1.84. The van der Waals surface area contributed by atoms with Crippen molar-refractivity contribution in [3.63, 3.8) is 0 Å². The number of hydrogen-bond acceptors (Lipinski definition) is 2. The van der Waals surface area contributed by atoms with Gasteiger partial charge in [0, 0.05) is 23.9 Å². The third kappa shape index (κ3) is 2.59. The van der Waals surface area contributed by atoms with Gasteiger partial charge in [-0.2, -0.15) is 0 Å². The van der Waals surface area contributed by atoms with E-state index in [2.05, 4.69) is 9.97 Å². The molecule has 82 valence electrons. The molecule has 0 atom stereocenters. The van der Waals surface area contributed by atoms with Gasteiger partial charge in [-0.3, -0.25) is 0 Å². The summed E-state index contributed by atoms with van der Waals surface area (Å²) in [4.78, 5) is 8.00. The van der Waals surface area contributed by atoms with E-state index in [1.165, 1.54) is 18.5 Å². The summed E-state index contributed by atoms with van der Waals surface area (Å²) in [6, 6.07) is 5.26. The molecule has 0 aliphatic heterocycles. The summed E-state index contributed by atoms with van der Waals surface area (Å²) in [6.45, 7) is 1.84. The Kier molecular flexibility index (Phi) is 2.90. The normalized spacial score (nSPS) is 10.4. The minimum absolute atomic E-state index is 0.401. The molecule has 2 rings (SSSR count). The second kappa shape index (κ2) is 4.35. The molecule has 2 nitrogen and oxygen atoms in total. The Balaban J connectivity index is 2.27. The highest BCUT2D eigenvalue weighted by Crippen LogP contribution is 2.12. The zero-order chi connectivity index (χ0) is 11.5. The summed E-state index contributed by atoms with van der Waals surface area (Å²) in [7, 11) is 0. The zero-order valence-corrected chi connectivity index (χ0v) is 8.74. The van der Waals surface area contributed by atoms with E-state index in [-0.39, 0.29) is 0 Å². The van der Waals surface area contributed by atoms with Gasteiger partial charge in [0.1, 0.15) is 18.0 Å². The van der Waals surface area contributed by atoms with Crippen LogP contribution in [0.3, 0.4) is 0 Å². The second-order valence-electron chi connectivity index (χ2n) is 3.61. The first-order valence-corrected chi connectivity index (χ1v) is 4.86. The standard InChI is InChI=1S/C12H10F2N2/c1-8-2-12(16-7-15-8)5-9-3-10(13)6-11(14)4-9/h2-4,6-7H,5H2,1H3. The van der Waals surface area contributed by atoms with Crippen molar-refractivity contribution in [3.8, 4) is 0 Å². The van der Waals surface area contributed by atoms with Crippen LogP contribution in [0.15, 0.2) is 30.6 Å². The van der Waals surface area contributed by atoms with Gasteiger partial charge in [-0.25, -0.2) is 18.7 Å². The first-order valence-electron chi connectivity index (χ1n) is 4.86. The van der Waals surface area contributed by atoms with Gasteiger partial charge in [0.2, 0.25) is 0 Å². The molecule has 0 amide bonds. The lowest BCUT2D eigenvalue weighted by Gasteiger charge is -2.02. The number of aryl methyl sites for hydroxylation is 1. The van der Waals surface area contributed by atoms with Crippen LogP contribution in [0.4, 0.5) is 8.78 Å². The Labute approximate surface area is 92.0 Å². The number of benzene rings is 1. The molecular weight excluding hydrogens is 210 g/mol. The lowest BCUT2D eigenvalue weighted by molar-refractivity contribution is 0.580. The van der Waals surface area contributed by atoms with E-state index in [1.54, 1.807) is 6.07 Å². The summed E-state index contributed by atoms with van der Waals surface area (Å²) in [5.41, 5.74) is 2.15. The maximum atomic E-state index is 12.9. The Morgan fingerprint density at radius 1 is 1.00 bits per heavy atom. The maximum Gasteiger partial charge on any atom is 0.126 e. The maximum absolute atomic E-state index is 12.9. The fourth-order valence-corrected chi connectivity index (χ4v) is 1.53. The molecule has 0 bridgehead atoms. The third-order valence-corrected chi connectivity index (χ3v) is 2.17. The molecule has 0 radical (unpaired) electrons. The first kappa shape index (κ1) is 10.7. The molecule has 0 unspecified atom stereocenters. The average Bonchev–Trinajstić information content (AvgIpc) is 2.15. The molecule has 1 aromatic carbocycles. The number of halogens is 2. The van der Waals surface area contributed by atoms with Crippen LogP contribution in [0.25, 0.3) is 0 Å². The predicted octanol–water partition coefficient (Wildman–Crippen LogP) is 2.65. The molecule has 0 spiro atoms. The zero-order valence-electron chi connectivity index (χ0n) is 8.74. The van der Waals surface area contributed by atoms with E-state index in [9.17, 15) is 8.78 Å². The second-order valence-corrected chi connectivity index (χ2v) is 3.61. The molecule has 2 aromatic rings. The van der Waals surface area contributed by atoms with Crippen LogP contribution in [0.2, 0.25) is 0 Å². The van der Waals surface area contributed by atoms with E-state index < -0.39 is 11.6 Å². The van der Waals surface area contributed by atoms with Gasteiger partial charge in [0.05, 0.1) is 0 Å². The van der Waals surface area contributed by atoms with Crippen molar-refractivity contribution in [2.75, 3.05) is 0 Å². The average molecular weight is 220 g/mol. The number of hydrogen-bond donors (Lipinski definition) is 0. The Morgan fingerprint density at radius 3 is 2.31 bits per heavy atom. The van der Waals surface area contributed by atoms with E-state index in [4.69, 9.17) is 0 Å². The van der Waals surface area contributed by atoms with E-state index >= 15 is 0 Å². The highest BCUT2D eigenvalue weighted by atomic mass is 19.1. The molecular formula is C12H10F2N2. The first-order chi connectivity index (χ1) is 7.63. The van der Waals surface area contributed by atoms with Gasteiger partial charge in [0.15, 0.2) is 0 Å². The third-order valence-electron chi connectivity index (χ3n) is 2.17. The van der Waals surface area contributed by atoms with Gasteiger partial charge in [-0.05, 0) is 30.7 Å². The quantitative estimate of drug-likeness (QED) is 0.777. The fourth-order valence-electron chi connectivity index (χ4n) is 1.53. The molecule has 1 aromatic heterocycles. The SMILES string of the molecule is Cc1cc(Cc2cc(F)cc(F)c2)ncn1. The summed E-state index contributed by atoms with van der Waals surface area (Å²) < 4.78 is 25.9. The molecule has 0 saturated heterocycles. The minimum Gasteiger partial charge on any atom is -0.242 e. The van der Waals surface area contributed by atoms with Crippen LogP contribution in [0, 0.1) is 18.6 Å². The molecule has 0 fully saturated rings. The van der Waals surface area contributed by atoms with Gasteiger partial charge >= 0.3 is 0 Å². The van der Waals surface area contributed by atoms with Gasteiger partial charge in [-0.15, -0.1) is 0 Å². The largest absolute Gasteiger partial charge is 0.242 e. The van der Waals surface area contributed by atoms with Crippen molar-refractivity contribution < 1.29 is 8.78 Å². The van der Waals surface area contributed by atoms with Crippen molar-refractivity contribution in [2.24, 2.45) is 0 Å². The lowest BCUT2D eigenvalue weighted by Crippen LogP contribution is -1.96. The van der Waals surface area contributed by atoms with Crippen LogP contribution >= 0.6 is 0 Å². The number of aromatic nitrogens is 2. The van der Waals surface area contributed by atoms with Crippen LogP contribution < -0.4 is 0 Å². The molecule has 0 saturated carbocycles. The van der Waals surface area contributed by atoms with Crippen molar-refractivity contribution in [1.29, 1.82) is 0 Å². The monoisotopic (exact) mass is 220 g/mol. The summed E-state index contributed by atoms with van der Waals surface area (Å²) in [6.07, 6.45) is 1.85. The van der Waals surface area contributed by atoms with Gasteiger partial charge in [-0.1, -0.05) is 0 Å². The van der Waals surface area contributed by atoms with Gasteiger partial charge in [0.25, 0.3) is 0 Å². The molecule has 16 heavy (non-hydrogen) atoms. The summed E-state index contributed by atoms with van der Waals surface area (Å²) >= 11 is 0. The van der Waals surface area contributed by atoms with E-state index in [0.717, 1.165) is 17.5 Å². The topological polar surface area (TPSA) is 25.8 Å². The van der Waals surface area contributed by atoms with Crippen molar-refractivity contribution in [1.82, 2.24) is 9.97 Å². The highest BCUT2D eigenvalue weighted by Gasteiger charge is 2.03. The molecule has 1 heterocycles. The summed E-state index contributed by atoms with van der Waals surface area (Å²) in [5, 5.41) is 0. The molecule has 0 aliphatic carbocycles. The minimum atomic E-state index is -0.569. The van der Waals surface area contributed by atoms with Crippen molar-refractivity contribution >= 4 is 0 Å². The predicted molar refractivity (Wildman–Crippen MR) is 55.9 cm³/mol. The number of rotatable bonds is 2. The van der Waals surface area contributed by atoms with Crippen LogP contribution in [0.5, 0.6) is 0 Å². The van der Waals surface area contributed by atoms with Crippen LogP contribution in [-0.2, 0) is 6.42 Å². The summed E-state index contributed by atoms with van der Waals surface area (Å²) in [5.74, 6) is -1.14. The lowest BCUT2D eigenvalue weighted by atomic mass is 10.1.